The number of hydrogen-bond donors (Lipinski definition) is 1. The molecule has 2 unspecified atom stereocenters. The fourth-order valence-electron chi connectivity index (χ4n) is 13.2. The molecule has 0 aliphatic carbocycles. The largest absolute Gasteiger partial charge is 0.477 e. The van der Waals surface area contributed by atoms with E-state index in [1.165, 1.54) is 308 Å². The van der Waals surface area contributed by atoms with Crippen molar-refractivity contribution < 1.29 is 42.9 Å². The molecular weight excluding hydrogens is 1300 g/mol. The number of carbonyl (C=O) groups excluding carboxylic acids is 2. The van der Waals surface area contributed by atoms with Gasteiger partial charge in [0.25, 0.3) is 6.29 Å². The van der Waals surface area contributed by atoms with E-state index in [1.807, 2.05) is 21.1 Å². The van der Waals surface area contributed by atoms with E-state index >= 15 is 0 Å². The number of carbonyl (C=O) groups is 3. The molecule has 0 aromatic heterocycles. The Morgan fingerprint density at radius 3 is 0.819 bits per heavy atom. The predicted octanol–water partition coefficient (Wildman–Crippen LogP) is 29.6. The van der Waals surface area contributed by atoms with Crippen molar-refractivity contribution in [2.75, 3.05) is 47.5 Å². The monoisotopic (exact) mass is 1470 g/mol. The summed E-state index contributed by atoms with van der Waals surface area (Å²) in [5.41, 5.74) is 0. The van der Waals surface area contributed by atoms with Gasteiger partial charge >= 0.3 is 17.9 Å². The number of carboxylic acids is 1. The molecule has 608 valence electrons. The number of esters is 2. The van der Waals surface area contributed by atoms with Crippen LogP contribution < -0.4 is 0 Å². The van der Waals surface area contributed by atoms with Gasteiger partial charge in [0.1, 0.15) is 13.2 Å². The fraction of sp³-hybridized carbons (Fsp3) is 0.781. The summed E-state index contributed by atoms with van der Waals surface area (Å²) >= 11 is 0. The highest BCUT2D eigenvalue weighted by Crippen LogP contribution is 2.20. The van der Waals surface area contributed by atoms with Gasteiger partial charge < -0.3 is 28.5 Å². The highest BCUT2D eigenvalue weighted by molar-refractivity contribution is 5.71. The molecule has 0 saturated heterocycles. The van der Waals surface area contributed by atoms with Crippen LogP contribution in [-0.4, -0.2) is 87.4 Å². The molecule has 0 heterocycles. The predicted molar refractivity (Wildman–Crippen MR) is 456 cm³/mol. The van der Waals surface area contributed by atoms with Gasteiger partial charge in [-0.3, -0.25) is 9.59 Å². The number of ether oxygens (including phenoxy) is 4. The van der Waals surface area contributed by atoms with Crippen LogP contribution in [0.2, 0.25) is 0 Å². The molecule has 0 rings (SSSR count). The molecule has 9 heteroatoms. The van der Waals surface area contributed by atoms with Crippen molar-refractivity contribution in [2.24, 2.45) is 0 Å². The fourth-order valence-corrected chi connectivity index (χ4v) is 13.2. The van der Waals surface area contributed by atoms with E-state index in [9.17, 15) is 19.5 Å². The second kappa shape index (κ2) is 85.6. The number of quaternary nitrogens is 1. The first kappa shape index (κ1) is 101. The molecular formula is C96H172NO8+. The summed E-state index contributed by atoms with van der Waals surface area (Å²) in [6, 6.07) is 0. The Morgan fingerprint density at radius 1 is 0.295 bits per heavy atom. The SMILES string of the molecule is CC/C=C\C/C=C\C/C=C\C/C=C\C/C=C\C/C=C\C/C=C\C/C=C\CCCCCCCCCCCCCCCCCCC(=O)OC(COC(=O)CCCCCCCCCCCCCCCCCCCCCCCCCCCCC/C=C\CCCCCCCCCC)COC(OCC[N+](C)(C)C)C(=O)O. The molecule has 0 amide bonds. The second-order valence-electron chi connectivity index (χ2n) is 31.5. The standard InChI is InChI=1S/C96H171NO8/c1-6-8-10-12-14-16-18-20-22-24-26-28-30-32-34-36-38-40-42-44-46-47-49-51-53-55-57-59-61-63-65-67-69-71-73-75-77-79-81-83-85-87-94(99)105-92(91-104-96(95(100)101)102-89-88-97(3,4)5)90-103-93(98)86-84-82-80-78-76-74-72-70-68-66-64-62-60-58-56-54-52-50-48-45-43-41-39-37-35-33-31-29-27-25-23-21-19-17-15-13-11-9-7-2/h8,10,14,16,20,22,25-28,32,34,38,40,44,46,49,51,92,96H,6-7,9,11-13,15,17-19,21,23-24,29-31,33,35-37,39,41-43,45,47-48,50,52-91H2,1-5H3/p+1/b10-8-,16-14-,22-20-,27-25-,28-26-,34-32-,40-38-,46-44-,51-49-. The van der Waals surface area contributed by atoms with Crippen LogP contribution >= 0.6 is 0 Å². The van der Waals surface area contributed by atoms with Crippen molar-refractivity contribution in [2.45, 2.75) is 437 Å². The molecule has 0 saturated carbocycles. The van der Waals surface area contributed by atoms with E-state index in [4.69, 9.17) is 18.9 Å². The topological polar surface area (TPSA) is 108 Å². The van der Waals surface area contributed by atoms with Crippen molar-refractivity contribution in [3.8, 4) is 0 Å². The summed E-state index contributed by atoms with van der Waals surface area (Å²) < 4.78 is 23.1. The maximum Gasteiger partial charge on any atom is 0.361 e. The third kappa shape index (κ3) is 87.1. The Morgan fingerprint density at radius 2 is 0.543 bits per heavy atom. The normalized spacial score (nSPS) is 13.1. The lowest BCUT2D eigenvalue weighted by Gasteiger charge is -2.25. The molecule has 105 heavy (non-hydrogen) atoms. The van der Waals surface area contributed by atoms with E-state index in [2.05, 4.69) is 123 Å². The number of hydrogen-bond acceptors (Lipinski definition) is 7. The first-order valence-electron chi connectivity index (χ1n) is 45.1. The third-order valence-electron chi connectivity index (χ3n) is 20.0. The van der Waals surface area contributed by atoms with Crippen LogP contribution in [0.25, 0.3) is 0 Å². The van der Waals surface area contributed by atoms with Crippen LogP contribution in [0.3, 0.4) is 0 Å². The van der Waals surface area contributed by atoms with Crippen LogP contribution in [0, 0.1) is 0 Å². The maximum absolute atomic E-state index is 13.0. The molecule has 0 spiro atoms. The van der Waals surface area contributed by atoms with E-state index in [-0.39, 0.29) is 38.2 Å². The quantitative estimate of drug-likeness (QED) is 0.0211. The summed E-state index contributed by atoms with van der Waals surface area (Å²) in [5, 5.41) is 9.80. The van der Waals surface area contributed by atoms with E-state index in [0.29, 0.717) is 17.4 Å². The summed E-state index contributed by atoms with van der Waals surface area (Å²) in [4.78, 5) is 37.8. The molecule has 0 aromatic carbocycles. The number of allylic oxidation sites excluding steroid dienone is 18. The number of carboxylic acid groups (broad SMARTS) is 1. The minimum Gasteiger partial charge on any atom is -0.477 e. The first-order valence-corrected chi connectivity index (χ1v) is 45.1. The Hall–Kier alpha value is -4.05. The lowest BCUT2D eigenvalue weighted by Crippen LogP contribution is -2.40. The minimum atomic E-state index is -1.51. The van der Waals surface area contributed by atoms with Crippen LogP contribution in [0.5, 0.6) is 0 Å². The van der Waals surface area contributed by atoms with E-state index < -0.39 is 18.4 Å². The molecule has 0 aliphatic rings. The summed E-state index contributed by atoms with van der Waals surface area (Å²) in [7, 11) is 6.00. The van der Waals surface area contributed by atoms with Gasteiger partial charge in [0.05, 0.1) is 34.4 Å². The van der Waals surface area contributed by atoms with Crippen molar-refractivity contribution in [1.82, 2.24) is 0 Å². The highest BCUT2D eigenvalue weighted by Gasteiger charge is 2.25. The molecule has 0 fully saturated rings. The Balaban J connectivity index is 3.95. The van der Waals surface area contributed by atoms with Gasteiger partial charge in [-0.15, -0.1) is 0 Å². The van der Waals surface area contributed by atoms with Gasteiger partial charge in [-0.05, 0) is 103 Å². The molecule has 2 atom stereocenters. The number of aliphatic carboxylic acids is 1. The molecule has 0 aliphatic heterocycles. The average Bonchev–Trinajstić information content (AvgIpc) is 1.18. The summed E-state index contributed by atoms with van der Waals surface area (Å²) in [5.74, 6) is -1.98. The Bertz CT molecular complexity index is 2110. The molecule has 0 bridgehead atoms. The van der Waals surface area contributed by atoms with Crippen LogP contribution in [0.15, 0.2) is 109 Å². The van der Waals surface area contributed by atoms with Crippen LogP contribution in [0.1, 0.15) is 425 Å². The number of likely N-dealkylation sites (N-methyl/N-ethyl adjacent to an activating group) is 1. The van der Waals surface area contributed by atoms with Gasteiger partial charge in [-0.2, -0.15) is 0 Å². The molecule has 1 N–H and O–H groups in total. The molecule has 0 radical (unpaired) electrons. The maximum atomic E-state index is 13.0. The summed E-state index contributed by atoms with van der Waals surface area (Å²) in [6.45, 7) is 4.82. The van der Waals surface area contributed by atoms with Gasteiger partial charge in [0, 0.05) is 12.8 Å². The van der Waals surface area contributed by atoms with Crippen LogP contribution in [0.4, 0.5) is 0 Å². The first-order chi connectivity index (χ1) is 51.6. The molecule has 0 aromatic rings. The van der Waals surface area contributed by atoms with Crippen molar-refractivity contribution in [3.63, 3.8) is 0 Å². The van der Waals surface area contributed by atoms with Crippen molar-refractivity contribution >= 4 is 17.9 Å². The Kier molecular flexibility index (Phi) is 82.3. The smallest absolute Gasteiger partial charge is 0.361 e. The number of nitrogens with zero attached hydrogens (tertiary/aromatic N) is 1. The lowest BCUT2D eigenvalue weighted by molar-refractivity contribution is -0.870. The van der Waals surface area contributed by atoms with E-state index in [1.54, 1.807) is 0 Å². The van der Waals surface area contributed by atoms with Gasteiger partial charge in [-0.1, -0.05) is 419 Å². The van der Waals surface area contributed by atoms with Gasteiger partial charge in [-0.25, -0.2) is 4.79 Å². The number of unbranched alkanes of at least 4 members (excludes halogenated alkanes) is 51. The van der Waals surface area contributed by atoms with Gasteiger partial charge in [0.2, 0.25) is 0 Å². The van der Waals surface area contributed by atoms with Crippen molar-refractivity contribution in [3.05, 3.63) is 109 Å². The van der Waals surface area contributed by atoms with E-state index in [0.717, 1.165) is 89.9 Å². The second-order valence-corrected chi connectivity index (χ2v) is 31.5. The Labute approximate surface area is 651 Å². The van der Waals surface area contributed by atoms with Crippen molar-refractivity contribution in [1.29, 1.82) is 0 Å². The highest BCUT2D eigenvalue weighted by atomic mass is 16.7. The molecule has 9 nitrogen and oxygen atoms in total. The van der Waals surface area contributed by atoms with Gasteiger partial charge in [0.15, 0.2) is 6.10 Å². The third-order valence-corrected chi connectivity index (χ3v) is 20.0. The zero-order chi connectivity index (χ0) is 76.0. The minimum absolute atomic E-state index is 0.180. The van der Waals surface area contributed by atoms with Crippen LogP contribution in [-0.2, 0) is 33.3 Å². The average molecular weight is 1470 g/mol. The number of rotatable bonds is 84. The zero-order valence-corrected chi connectivity index (χ0v) is 69.9. The zero-order valence-electron chi connectivity index (χ0n) is 69.9. The summed E-state index contributed by atoms with van der Waals surface area (Å²) in [6.07, 6.45) is 119. The lowest BCUT2D eigenvalue weighted by atomic mass is 10.0.